The molecule has 1 saturated heterocycles. The molecule has 2 N–H and O–H groups in total. The van der Waals surface area contributed by atoms with Crippen molar-refractivity contribution in [2.45, 2.75) is 18.9 Å². The Balaban J connectivity index is 2.13. The number of hydroxylamine groups is 1. The summed E-state index contributed by atoms with van der Waals surface area (Å²) in [6, 6.07) is 0.372. The predicted molar refractivity (Wildman–Crippen MR) is 35.3 cm³/mol. The normalized spacial score (nSPS) is 23.6. The van der Waals surface area contributed by atoms with Crippen LogP contribution in [0, 0.1) is 0 Å². The minimum absolute atomic E-state index is 0.372. The summed E-state index contributed by atoms with van der Waals surface area (Å²) in [7, 11) is 0. The van der Waals surface area contributed by atoms with Gasteiger partial charge in [-0.2, -0.15) is 11.8 Å². The molecule has 0 aromatic carbocycles. The zero-order valence-corrected chi connectivity index (χ0v) is 5.58. The van der Waals surface area contributed by atoms with Gasteiger partial charge in [-0.15, -0.1) is 0 Å². The molecule has 3 heteroatoms. The summed E-state index contributed by atoms with van der Waals surface area (Å²) in [6.45, 7) is 0. The Bertz CT molecular complexity index is 63.4. The van der Waals surface area contributed by atoms with E-state index in [-0.39, 0.29) is 0 Å². The zero-order valence-electron chi connectivity index (χ0n) is 4.76. The second-order valence-corrected chi connectivity index (χ2v) is 3.24. The first-order chi connectivity index (χ1) is 3.93. The van der Waals surface area contributed by atoms with Gasteiger partial charge in [-0.1, -0.05) is 0 Å². The highest BCUT2D eigenvalue weighted by Crippen LogP contribution is 2.15. The van der Waals surface area contributed by atoms with Crippen LogP contribution in [-0.2, 0) is 0 Å². The second-order valence-electron chi connectivity index (χ2n) is 2.02. The summed E-state index contributed by atoms with van der Waals surface area (Å²) in [5.41, 5.74) is 2.29. The summed E-state index contributed by atoms with van der Waals surface area (Å²) in [5, 5.41) is 8.43. The SMILES string of the molecule is ONC1CCSCC1. The molecule has 0 amide bonds. The standard InChI is InChI=1S/C5H11NOS/c7-6-5-1-3-8-4-2-5/h5-7H,1-4H2. The first-order valence-electron chi connectivity index (χ1n) is 2.91. The van der Waals surface area contributed by atoms with E-state index in [0.29, 0.717) is 6.04 Å². The van der Waals surface area contributed by atoms with Crippen molar-refractivity contribution in [3.63, 3.8) is 0 Å². The van der Waals surface area contributed by atoms with Crippen molar-refractivity contribution in [3.8, 4) is 0 Å². The van der Waals surface area contributed by atoms with Gasteiger partial charge < -0.3 is 5.21 Å². The third-order valence-electron chi connectivity index (χ3n) is 1.40. The smallest absolute Gasteiger partial charge is 0.0335 e. The summed E-state index contributed by atoms with van der Waals surface area (Å²) >= 11 is 1.96. The number of rotatable bonds is 1. The molecule has 1 aliphatic rings. The molecule has 1 fully saturated rings. The van der Waals surface area contributed by atoms with Crippen LogP contribution in [0.5, 0.6) is 0 Å². The molecule has 0 saturated carbocycles. The van der Waals surface area contributed by atoms with Crippen molar-refractivity contribution in [3.05, 3.63) is 0 Å². The Hall–Kier alpha value is 0.270. The third-order valence-corrected chi connectivity index (χ3v) is 2.45. The van der Waals surface area contributed by atoms with E-state index in [1.165, 1.54) is 11.5 Å². The Morgan fingerprint density at radius 1 is 1.38 bits per heavy atom. The van der Waals surface area contributed by atoms with Crippen molar-refractivity contribution < 1.29 is 5.21 Å². The minimum Gasteiger partial charge on any atom is -0.317 e. The molecule has 0 atom stereocenters. The van der Waals surface area contributed by atoms with Crippen LogP contribution in [0.25, 0.3) is 0 Å². The lowest BCUT2D eigenvalue weighted by atomic mass is 10.2. The predicted octanol–water partition coefficient (Wildman–Crippen LogP) is 0.861. The van der Waals surface area contributed by atoms with Crippen LogP contribution in [0.1, 0.15) is 12.8 Å². The van der Waals surface area contributed by atoms with Gasteiger partial charge in [0.15, 0.2) is 0 Å². The topological polar surface area (TPSA) is 32.3 Å². The van der Waals surface area contributed by atoms with E-state index in [0.717, 1.165) is 12.8 Å². The molecule has 8 heavy (non-hydrogen) atoms. The van der Waals surface area contributed by atoms with E-state index in [1.54, 1.807) is 0 Å². The Kier molecular flexibility index (Phi) is 2.66. The van der Waals surface area contributed by atoms with Crippen molar-refractivity contribution in [1.29, 1.82) is 0 Å². The lowest BCUT2D eigenvalue weighted by Crippen LogP contribution is -2.29. The maximum absolute atomic E-state index is 8.43. The molecule has 1 heterocycles. The average molecular weight is 133 g/mol. The maximum Gasteiger partial charge on any atom is 0.0335 e. The van der Waals surface area contributed by atoms with E-state index in [9.17, 15) is 0 Å². The monoisotopic (exact) mass is 133 g/mol. The first kappa shape index (κ1) is 6.39. The molecule has 0 unspecified atom stereocenters. The van der Waals surface area contributed by atoms with Crippen LogP contribution in [0.15, 0.2) is 0 Å². The van der Waals surface area contributed by atoms with Crippen LogP contribution in [0.3, 0.4) is 0 Å². The summed E-state index contributed by atoms with van der Waals surface area (Å²) in [6.07, 6.45) is 2.22. The van der Waals surface area contributed by atoms with Gasteiger partial charge in [-0.05, 0) is 24.3 Å². The highest BCUT2D eigenvalue weighted by atomic mass is 32.2. The van der Waals surface area contributed by atoms with E-state index >= 15 is 0 Å². The first-order valence-corrected chi connectivity index (χ1v) is 4.06. The van der Waals surface area contributed by atoms with Gasteiger partial charge in [0.05, 0.1) is 0 Å². The van der Waals surface area contributed by atoms with Crippen molar-refractivity contribution >= 4 is 11.8 Å². The zero-order chi connectivity index (χ0) is 5.82. The largest absolute Gasteiger partial charge is 0.317 e. The molecule has 0 aromatic heterocycles. The number of thioether (sulfide) groups is 1. The number of hydrogen-bond donors (Lipinski definition) is 2. The van der Waals surface area contributed by atoms with Gasteiger partial charge in [-0.25, -0.2) is 5.48 Å². The van der Waals surface area contributed by atoms with Gasteiger partial charge in [0.25, 0.3) is 0 Å². The molecule has 0 aromatic rings. The van der Waals surface area contributed by atoms with Crippen molar-refractivity contribution in [1.82, 2.24) is 5.48 Å². The summed E-state index contributed by atoms with van der Waals surface area (Å²) in [5.74, 6) is 2.39. The molecule has 0 aliphatic carbocycles. The maximum atomic E-state index is 8.43. The fourth-order valence-electron chi connectivity index (χ4n) is 0.827. The Labute approximate surface area is 53.6 Å². The second kappa shape index (κ2) is 3.33. The van der Waals surface area contributed by atoms with Crippen LogP contribution in [-0.4, -0.2) is 22.8 Å². The minimum atomic E-state index is 0.372. The molecule has 0 spiro atoms. The van der Waals surface area contributed by atoms with E-state index in [1.807, 2.05) is 11.8 Å². The van der Waals surface area contributed by atoms with Crippen LogP contribution >= 0.6 is 11.8 Å². The van der Waals surface area contributed by atoms with E-state index in [4.69, 9.17) is 5.21 Å². The summed E-state index contributed by atoms with van der Waals surface area (Å²) in [4.78, 5) is 0. The van der Waals surface area contributed by atoms with Gasteiger partial charge in [0, 0.05) is 6.04 Å². The molecule has 0 radical (unpaired) electrons. The van der Waals surface area contributed by atoms with Gasteiger partial charge >= 0.3 is 0 Å². The van der Waals surface area contributed by atoms with Crippen molar-refractivity contribution in [2.24, 2.45) is 0 Å². The average Bonchev–Trinajstić information content (AvgIpc) is 1.90. The molecule has 1 rings (SSSR count). The Morgan fingerprint density at radius 2 is 2.00 bits per heavy atom. The summed E-state index contributed by atoms with van der Waals surface area (Å²) < 4.78 is 0. The lowest BCUT2D eigenvalue weighted by molar-refractivity contribution is 0.121. The molecule has 0 bridgehead atoms. The molecule has 1 aliphatic heterocycles. The highest BCUT2D eigenvalue weighted by Gasteiger charge is 2.10. The van der Waals surface area contributed by atoms with E-state index < -0.39 is 0 Å². The number of nitrogens with one attached hydrogen (secondary N) is 1. The fourth-order valence-corrected chi connectivity index (χ4v) is 1.93. The molecule has 2 nitrogen and oxygen atoms in total. The van der Waals surface area contributed by atoms with Gasteiger partial charge in [0.1, 0.15) is 0 Å². The quantitative estimate of drug-likeness (QED) is 0.520. The van der Waals surface area contributed by atoms with Crippen molar-refractivity contribution in [2.75, 3.05) is 11.5 Å². The highest BCUT2D eigenvalue weighted by molar-refractivity contribution is 7.99. The molecular formula is C5H11NOS. The third kappa shape index (κ3) is 1.65. The molecule has 48 valence electrons. The van der Waals surface area contributed by atoms with Crippen LogP contribution < -0.4 is 5.48 Å². The van der Waals surface area contributed by atoms with E-state index in [2.05, 4.69) is 5.48 Å². The molecular weight excluding hydrogens is 122 g/mol. The van der Waals surface area contributed by atoms with Gasteiger partial charge in [0.2, 0.25) is 0 Å². The van der Waals surface area contributed by atoms with Gasteiger partial charge in [-0.3, -0.25) is 0 Å². The Morgan fingerprint density at radius 3 is 2.38 bits per heavy atom. The van der Waals surface area contributed by atoms with Crippen LogP contribution in [0.2, 0.25) is 0 Å². The fraction of sp³-hybridized carbons (Fsp3) is 1.00. The lowest BCUT2D eigenvalue weighted by Gasteiger charge is -2.18. The van der Waals surface area contributed by atoms with Crippen LogP contribution in [0.4, 0.5) is 0 Å². The number of hydrogen-bond acceptors (Lipinski definition) is 3.